The Labute approximate surface area is 111 Å². The largest absolute Gasteiger partial charge is 0.497 e. The van der Waals surface area contributed by atoms with E-state index in [0.717, 1.165) is 0 Å². The Morgan fingerprint density at radius 1 is 1.26 bits per heavy atom. The second-order valence-electron chi connectivity index (χ2n) is 4.84. The second-order valence-corrected chi connectivity index (χ2v) is 4.84. The molecule has 1 aromatic carbocycles. The molecule has 1 aromatic rings. The number of benzene rings is 1. The maximum atomic E-state index is 11.6. The van der Waals surface area contributed by atoms with Crippen molar-refractivity contribution in [3.05, 3.63) is 23.8 Å². The summed E-state index contributed by atoms with van der Waals surface area (Å²) in [7, 11) is 1.43. The Kier molecular flexibility index (Phi) is 4.37. The number of hydrogen-bond acceptors (Lipinski definition) is 4. The van der Waals surface area contributed by atoms with Crippen LogP contribution in [0.3, 0.4) is 0 Å². The molecule has 0 aliphatic rings. The Balaban J connectivity index is 2.95. The number of ether oxygens (including phenoxy) is 2. The average molecular weight is 267 g/mol. The molecule has 0 fully saturated rings. The average Bonchev–Trinajstić information content (AvgIpc) is 2.26. The van der Waals surface area contributed by atoms with Crippen LogP contribution in [0, 0.1) is 0 Å². The van der Waals surface area contributed by atoms with Crippen molar-refractivity contribution in [1.82, 2.24) is 0 Å². The summed E-state index contributed by atoms with van der Waals surface area (Å²) in [5.41, 5.74) is -0.562. The molecule has 1 rings (SSSR count). The molecule has 0 saturated carbocycles. The zero-order valence-corrected chi connectivity index (χ0v) is 11.3. The van der Waals surface area contributed by atoms with Gasteiger partial charge in [0, 0.05) is 0 Å². The van der Waals surface area contributed by atoms with Crippen molar-refractivity contribution in [3.8, 4) is 5.75 Å². The van der Waals surface area contributed by atoms with Crippen molar-refractivity contribution in [1.29, 1.82) is 0 Å². The normalized spacial score (nSPS) is 10.7. The van der Waals surface area contributed by atoms with Crippen molar-refractivity contribution >= 4 is 17.7 Å². The minimum atomic E-state index is -1.16. The van der Waals surface area contributed by atoms with Crippen LogP contribution >= 0.6 is 0 Å². The maximum absolute atomic E-state index is 11.6. The fourth-order valence-electron chi connectivity index (χ4n) is 1.35. The van der Waals surface area contributed by atoms with E-state index in [1.54, 1.807) is 26.8 Å². The molecule has 0 bridgehead atoms. The maximum Gasteiger partial charge on any atom is 0.412 e. The SMILES string of the molecule is COc1ccc(NC(=O)OC(C)(C)C)c(C(=O)O)c1. The van der Waals surface area contributed by atoms with Crippen LogP contribution in [-0.2, 0) is 4.74 Å². The minimum absolute atomic E-state index is 0.0646. The third kappa shape index (κ3) is 4.50. The van der Waals surface area contributed by atoms with Crippen molar-refractivity contribution in [3.63, 3.8) is 0 Å². The van der Waals surface area contributed by atoms with Crippen molar-refractivity contribution < 1.29 is 24.2 Å². The quantitative estimate of drug-likeness (QED) is 0.879. The lowest BCUT2D eigenvalue weighted by molar-refractivity contribution is 0.0636. The third-order valence-corrected chi connectivity index (χ3v) is 2.09. The molecule has 19 heavy (non-hydrogen) atoms. The summed E-state index contributed by atoms with van der Waals surface area (Å²) in [5.74, 6) is -0.767. The summed E-state index contributed by atoms with van der Waals surface area (Å²) in [5, 5.41) is 11.5. The molecular weight excluding hydrogens is 250 g/mol. The van der Waals surface area contributed by atoms with E-state index in [4.69, 9.17) is 14.6 Å². The Bertz CT molecular complexity index is 490. The summed E-state index contributed by atoms with van der Waals surface area (Å²) in [6.07, 6.45) is -0.708. The fraction of sp³-hybridized carbons (Fsp3) is 0.385. The van der Waals surface area contributed by atoms with Crippen LogP contribution in [0.1, 0.15) is 31.1 Å². The van der Waals surface area contributed by atoms with E-state index in [-0.39, 0.29) is 11.3 Å². The first kappa shape index (κ1) is 14.8. The zero-order valence-electron chi connectivity index (χ0n) is 11.3. The van der Waals surface area contributed by atoms with Crippen LogP contribution < -0.4 is 10.1 Å². The lowest BCUT2D eigenvalue weighted by Gasteiger charge is -2.20. The molecule has 6 nitrogen and oxygen atoms in total. The number of amides is 1. The number of carbonyl (C=O) groups is 2. The fourth-order valence-corrected chi connectivity index (χ4v) is 1.35. The highest BCUT2D eigenvalue weighted by Crippen LogP contribution is 2.22. The number of nitrogens with one attached hydrogen (secondary N) is 1. The van der Waals surface area contributed by atoms with Gasteiger partial charge in [-0.05, 0) is 39.0 Å². The van der Waals surface area contributed by atoms with Gasteiger partial charge in [-0.1, -0.05) is 0 Å². The molecule has 0 heterocycles. The number of rotatable bonds is 3. The highest BCUT2D eigenvalue weighted by Gasteiger charge is 2.19. The van der Waals surface area contributed by atoms with Crippen molar-refractivity contribution in [2.75, 3.05) is 12.4 Å². The van der Waals surface area contributed by atoms with Crippen molar-refractivity contribution in [2.24, 2.45) is 0 Å². The summed E-state index contributed by atoms with van der Waals surface area (Å²) in [6, 6.07) is 4.33. The van der Waals surface area contributed by atoms with E-state index >= 15 is 0 Å². The van der Waals surface area contributed by atoms with Gasteiger partial charge in [0.1, 0.15) is 11.4 Å². The Morgan fingerprint density at radius 3 is 2.37 bits per heavy atom. The molecular formula is C13H17NO5. The summed E-state index contributed by atoms with van der Waals surface area (Å²) >= 11 is 0. The van der Waals surface area contributed by atoms with Crippen LogP contribution in [0.15, 0.2) is 18.2 Å². The molecule has 104 valence electrons. The number of methoxy groups -OCH3 is 1. The summed E-state index contributed by atoms with van der Waals surface area (Å²) < 4.78 is 10.00. The molecule has 0 saturated heterocycles. The molecule has 0 aliphatic heterocycles. The van der Waals surface area contributed by atoms with Gasteiger partial charge in [0.15, 0.2) is 0 Å². The summed E-state index contributed by atoms with van der Waals surface area (Å²) in [6.45, 7) is 5.16. The predicted octanol–water partition coefficient (Wildman–Crippen LogP) is 2.74. The van der Waals surface area contributed by atoms with Gasteiger partial charge in [-0.2, -0.15) is 0 Å². The Hall–Kier alpha value is -2.24. The first-order chi connectivity index (χ1) is 8.73. The molecule has 0 radical (unpaired) electrons. The molecule has 2 N–H and O–H groups in total. The monoisotopic (exact) mass is 267 g/mol. The molecule has 0 unspecified atom stereocenters. The van der Waals surface area contributed by atoms with E-state index in [0.29, 0.717) is 5.75 Å². The van der Waals surface area contributed by atoms with Gasteiger partial charge in [-0.15, -0.1) is 0 Å². The lowest BCUT2D eigenvalue weighted by Crippen LogP contribution is -2.27. The third-order valence-electron chi connectivity index (χ3n) is 2.09. The molecule has 6 heteroatoms. The number of carboxylic acid groups (broad SMARTS) is 1. The van der Waals surface area contributed by atoms with Gasteiger partial charge in [0.25, 0.3) is 0 Å². The van der Waals surface area contributed by atoms with Gasteiger partial charge in [-0.3, -0.25) is 5.32 Å². The van der Waals surface area contributed by atoms with E-state index < -0.39 is 17.7 Å². The zero-order chi connectivity index (χ0) is 14.6. The Morgan fingerprint density at radius 2 is 1.89 bits per heavy atom. The minimum Gasteiger partial charge on any atom is -0.497 e. The first-order valence-electron chi connectivity index (χ1n) is 5.64. The molecule has 0 spiro atoms. The second kappa shape index (κ2) is 5.60. The highest BCUT2D eigenvalue weighted by molar-refractivity contribution is 5.99. The standard InChI is InChI=1S/C13H17NO5/c1-13(2,3)19-12(17)14-10-6-5-8(18-4)7-9(10)11(15)16/h5-7H,1-4H3,(H,14,17)(H,15,16). The number of aromatic carboxylic acids is 1. The van der Waals surface area contributed by atoms with Gasteiger partial charge >= 0.3 is 12.1 Å². The lowest BCUT2D eigenvalue weighted by atomic mass is 10.1. The van der Waals surface area contributed by atoms with Gasteiger partial charge in [-0.25, -0.2) is 9.59 Å². The smallest absolute Gasteiger partial charge is 0.412 e. The topological polar surface area (TPSA) is 84.9 Å². The molecule has 0 aliphatic carbocycles. The van der Waals surface area contributed by atoms with E-state index in [1.165, 1.54) is 19.2 Å². The van der Waals surface area contributed by atoms with E-state index in [1.807, 2.05) is 0 Å². The highest BCUT2D eigenvalue weighted by atomic mass is 16.6. The van der Waals surface area contributed by atoms with Crippen LogP contribution in [0.2, 0.25) is 0 Å². The van der Waals surface area contributed by atoms with Gasteiger partial charge in [0.05, 0.1) is 18.4 Å². The first-order valence-corrected chi connectivity index (χ1v) is 5.64. The van der Waals surface area contributed by atoms with Crippen molar-refractivity contribution in [2.45, 2.75) is 26.4 Å². The van der Waals surface area contributed by atoms with E-state index in [2.05, 4.69) is 5.32 Å². The van der Waals surface area contributed by atoms with Crippen LogP contribution in [0.25, 0.3) is 0 Å². The van der Waals surface area contributed by atoms with Gasteiger partial charge in [0.2, 0.25) is 0 Å². The van der Waals surface area contributed by atoms with E-state index in [9.17, 15) is 9.59 Å². The number of carbonyl (C=O) groups excluding carboxylic acids is 1. The number of hydrogen-bond donors (Lipinski definition) is 2. The number of anilines is 1. The number of carboxylic acids is 1. The molecule has 1 amide bonds. The summed E-state index contributed by atoms with van der Waals surface area (Å²) in [4.78, 5) is 22.7. The van der Waals surface area contributed by atoms with Crippen LogP contribution in [-0.4, -0.2) is 29.9 Å². The van der Waals surface area contributed by atoms with Gasteiger partial charge < -0.3 is 14.6 Å². The van der Waals surface area contributed by atoms with Crippen LogP contribution in [0.5, 0.6) is 5.75 Å². The molecule has 0 aromatic heterocycles. The predicted molar refractivity (Wildman–Crippen MR) is 69.8 cm³/mol. The van der Waals surface area contributed by atoms with Crippen LogP contribution in [0.4, 0.5) is 10.5 Å². The molecule has 0 atom stereocenters.